The van der Waals surface area contributed by atoms with Crippen LogP contribution in [0.5, 0.6) is 0 Å². The molecule has 5 N–H and O–H groups in total. The van der Waals surface area contributed by atoms with Crippen molar-refractivity contribution in [2.24, 2.45) is 11.7 Å². The summed E-state index contributed by atoms with van der Waals surface area (Å²) >= 11 is 0. The maximum absolute atomic E-state index is 12.8. The second-order valence-electron chi connectivity index (χ2n) is 7.14. The second-order valence-corrected chi connectivity index (χ2v) is 7.14. The van der Waals surface area contributed by atoms with Crippen molar-refractivity contribution in [3.05, 3.63) is 54.1 Å². The van der Waals surface area contributed by atoms with Crippen LogP contribution in [0.15, 0.2) is 42.9 Å². The molecule has 0 spiro atoms. The standard InChI is InChI=1S/C20H27N5O3/c1-13(2)8-16(19(21)27)25-20(28)17(9-14-6-4-3-5-7-14)24-18(26)10-15-11-22-12-23-15/h3-7,11-13,16-17H,8-10H2,1-2H3,(H2,21,27)(H,22,23)(H,24,26)(H,25,28)/t16-,17-/m0/s1. The average molecular weight is 385 g/mol. The van der Waals surface area contributed by atoms with E-state index in [9.17, 15) is 14.4 Å². The van der Waals surface area contributed by atoms with Crippen molar-refractivity contribution in [3.63, 3.8) is 0 Å². The lowest BCUT2D eigenvalue weighted by atomic mass is 10.0. The number of carbonyl (C=O) groups excluding carboxylic acids is 3. The van der Waals surface area contributed by atoms with Crippen molar-refractivity contribution in [2.75, 3.05) is 0 Å². The van der Waals surface area contributed by atoms with Crippen LogP contribution in [-0.4, -0.2) is 39.8 Å². The van der Waals surface area contributed by atoms with E-state index in [1.54, 1.807) is 6.20 Å². The van der Waals surface area contributed by atoms with E-state index in [1.165, 1.54) is 6.33 Å². The zero-order chi connectivity index (χ0) is 20.5. The minimum atomic E-state index is -0.831. The summed E-state index contributed by atoms with van der Waals surface area (Å²) in [6.45, 7) is 3.88. The molecular formula is C20H27N5O3. The van der Waals surface area contributed by atoms with Gasteiger partial charge in [0.05, 0.1) is 18.4 Å². The molecule has 150 valence electrons. The normalized spacial score (nSPS) is 13.0. The summed E-state index contributed by atoms with van der Waals surface area (Å²) in [4.78, 5) is 43.7. The third-order valence-corrected chi connectivity index (χ3v) is 4.20. The van der Waals surface area contributed by atoms with Gasteiger partial charge in [-0.25, -0.2) is 4.98 Å². The maximum Gasteiger partial charge on any atom is 0.243 e. The Balaban J connectivity index is 2.10. The average Bonchev–Trinajstić information content (AvgIpc) is 3.13. The number of amides is 3. The van der Waals surface area contributed by atoms with Gasteiger partial charge >= 0.3 is 0 Å². The molecule has 1 aromatic carbocycles. The molecule has 3 amide bonds. The number of nitrogens with one attached hydrogen (secondary N) is 3. The van der Waals surface area contributed by atoms with Crippen molar-refractivity contribution in [1.29, 1.82) is 0 Å². The Kier molecular flexibility index (Phi) is 7.74. The summed E-state index contributed by atoms with van der Waals surface area (Å²) in [6, 6.07) is 7.73. The summed E-state index contributed by atoms with van der Waals surface area (Å²) in [6.07, 6.45) is 3.89. The van der Waals surface area contributed by atoms with E-state index in [0.29, 0.717) is 18.5 Å². The SMILES string of the molecule is CC(C)C[C@H](NC(=O)[C@H](Cc1ccccc1)NC(=O)Cc1c[nH]cn1)C(N)=O. The molecule has 2 aromatic rings. The van der Waals surface area contributed by atoms with Crippen LogP contribution in [0.4, 0.5) is 0 Å². The van der Waals surface area contributed by atoms with E-state index < -0.39 is 23.9 Å². The predicted octanol–water partition coefficient (Wildman–Crippen LogP) is 0.696. The number of carbonyl (C=O) groups is 3. The van der Waals surface area contributed by atoms with Crippen molar-refractivity contribution >= 4 is 17.7 Å². The first-order valence-electron chi connectivity index (χ1n) is 9.25. The highest BCUT2D eigenvalue weighted by Gasteiger charge is 2.26. The molecule has 2 atom stereocenters. The summed E-state index contributed by atoms with van der Waals surface area (Å²) in [5.41, 5.74) is 6.89. The molecule has 28 heavy (non-hydrogen) atoms. The topological polar surface area (TPSA) is 130 Å². The Morgan fingerprint density at radius 1 is 1.11 bits per heavy atom. The molecule has 0 unspecified atom stereocenters. The Hall–Kier alpha value is -3.16. The minimum Gasteiger partial charge on any atom is -0.368 e. The third-order valence-electron chi connectivity index (χ3n) is 4.20. The molecule has 0 aliphatic rings. The Bertz CT molecular complexity index is 774. The number of benzene rings is 1. The molecule has 0 bridgehead atoms. The first kappa shape index (κ1) is 21.1. The molecule has 0 saturated carbocycles. The summed E-state index contributed by atoms with van der Waals surface area (Å²) < 4.78 is 0. The lowest BCUT2D eigenvalue weighted by Gasteiger charge is -2.23. The van der Waals surface area contributed by atoms with E-state index in [1.807, 2.05) is 44.2 Å². The van der Waals surface area contributed by atoms with E-state index in [2.05, 4.69) is 20.6 Å². The van der Waals surface area contributed by atoms with Crippen molar-refractivity contribution in [2.45, 2.75) is 45.2 Å². The summed E-state index contributed by atoms with van der Waals surface area (Å²) in [5, 5.41) is 5.43. The number of aromatic amines is 1. The Labute approximate surface area is 164 Å². The molecule has 0 aliphatic carbocycles. The van der Waals surface area contributed by atoms with Crippen LogP contribution in [0.25, 0.3) is 0 Å². The highest BCUT2D eigenvalue weighted by molar-refractivity contribution is 5.92. The third kappa shape index (κ3) is 6.86. The number of H-pyrrole nitrogens is 1. The molecule has 8 heteroatoms. The first-order valence-corrected chi connectivity index (χ1v) is 9.25. The van der Waals surface area contributed by atoms with Gasteiger partial charge in [-0.15, -0.1) is 0 Å². The number of imidazole rings is 1. The molecule has 2 rings (SSSR count). The minimum absolute atomic E-state index is 0.0489. The van der Waals surface area contributed by atoms with E-state index in [4.69, 9.17) is 5.73 Å². The number of primary amides is 1. The van der Waals surface area contributed by atoms with Crippen molar-refractivity contribution in [3.8, 4) is 0 Å². The van der Waals surface area contributed by atoms with Gasteiger partial charge in [-0.3, -0.25) is 14.4 Å². The number of hydrogen-bond acceptors (Lipinski definition) is 4. The zero-order valence-corrected chi connectivity index (χ0v) is 16.1. The molecular weight excluding hydrogens is 358 g/mol. The zero-order valence-electron chi connectivity index (χ0n) is 16.1. The molecule has 0 radical (unpaired) electrons. The maximum atomic E-state index is 12.8. The lowest BCUT2D eigenvalue weighted by Crippen LogP contribution is -2.54. The van der Waals surface area contributed by atoms with Crippen LogP contribution in [0.2, 0.25) is 0 Å². The first-order chi connectivity index (χ1) is 13.3. The van der Waals surface area contributed by atoms with Crippen LogP contribution < -0.4 is 16.4 Å². The van der Waals surface area contributed by atoms with E-state index in [-0.39, 0.29) is 18.2 Å². The van der Waals surface area contributed by atoms with Gasteiger partial charge in [0.2, 0.25) is 17.7 Å². The van der Waals surface area contributed by atoms with Gasteiger partial charge in [-0.05, 0) is 17.9 Å². The number of aromatic nitrogens is 2. The summed E-state index contributed by atoms with van der Waals surface area (Å²) in [7, 11) is 0. The highest BCUT2D eigenvalue weighted by atomic mass is 16.2. The monoisotopic (exact) mass is 385 g/mol. The number of rotatable bonds is 10. The van der Waals surface area contributed by atoms with E-state index in [0.717, 1.165) is 5.56 Å². The molecule has 0 aliphatic heterocycles. The van der Waals surface area contributed by atoms with Crippen LogP contribution >= 0.6 is 0 Å². The Morgan fingerprint density at radius 3 is 2.39 bits per heavy atom. The largest absolute Gasteiger partial charge is 0.368 e. The fourth-order valence-electron chi connectivity index (χ4n) is 2.85. The van der Waals surface area contributed by atoms with Gasteiger partial charge in [0.1, 0.15) is 12.1 Å². The second kappa shape index (κ2) is 10.2. The molecule has 1 aromatic heterocycles. The molecule has 0 saturated heterocycles. The molecule has 0 fully saturated rings. The van der Waals surface area contributed by atoms with Crippen LogP contribution in [0, 0.1) is 5.92 Å². The van der Waals surface area contributed by atoms with Gasteiger partial charge in [0, 0.05) is 12.6 Å². The van der Waals surface area contributed by atoms with Crippen LogP contribution in [0.1, 0.15) is 31.5 Å². The molecule has 1 heterocycles. The van der Waals surface area contributed by atoms with Gasteiger partial charge in [0.15, 0.2) is 0 Å². The number of nitrogens with two attached hydrogens (primary N) is 1. The number of nitrogens with zero attached hydrogens (tertiary/aromatic N) is 1. The van der Waals surface area contributed by atoms with Crippen LogP contribution in [-0.2, 0) is 27.2 Å². The summed E-state index contributed by atoms with van der Waals surface area (Å²) in [5.74, 6) is -1.19. The predicted molar refractivity (Wildman–Crippen MR) is 105 cm³/mol. The van der Waals surface area contributed by atoms with Gasteiger partial charge in [0.25, 0.3) is 0 Å². The van der Waals surface area contributed by atoms with Crippen LogP contribution in [0.3, 0.4) is 0 Å². The number of hydrogen-bond donors (Lipinski definition) is 4. The quantitative estimate of drug-likeness (QED) is 0.479. The fourth-order valence-corrected chi connectivity index (χ4v) is 2.85. The smallest absolute Gasteiger partial charge is 0.243 e. The van der Waals surface area contributed by atoms with Gasteiger partial charge in [-0.1, -0.05) is 44.2 Å². The van der Waals surface area contributed by atoms with Crippen molar-refractivity contribution < 1.29 is 14.4 Å². The lowest BCUT2D eigenvalue weighted by molar-refractivity contribution is -0.131. The van der Waals surface area contributed by atoms with Gasteiger partial charge in [-0.2, -0.15) is 0 Å². The Morgan fingerprint density at radius 2 is 1.82 bits per heavy atom. The fraction of sp³-hybridized carbons (Fsp3) is 0.400. The van der Waals surface area contributed by atoms with Gasteiger partial charge < -0.3 is 21.4 Å². The highest BCUT2D eigenvalue weighted by Crippen LogP contribution is 2.08. The van der Waals surface area contributed by atoms with Crippen molar-refractivity contribution in [1.82, 2.24) is 20.6 Å². The molecule has 8 nitrogen and oxygen atoms in total. The van der Waals surface area contributed by atoms with E-state index >= 15 is 0 Å².